The molecule has 36 nitrogen and oxygen atoms in total. The number of nitrogens with zero attached hydrogens (tertiary/aromatic N) is 3. The molecule has 6 amide bonds. The highest BCUT2D eigenvalue weighted by Gasteiger charge is 2.54. The van der Waals surface area contributed by atoms with Crippen LogP contribution in [0.2, 0.25) is 0 Å². The van der Waals surface area contributed by atoms with Crippen molar-refractivity contribution in [2.45, 2.75) is 187 Å². The van der Waals surface area contributed by atoms with Gasteiger partial charge in [0.15, 0.2) is 30.5 Å². The molecule has 23 atom stereocenters. The summed E-state index contributed by atoms with van der Waals surface area (Å²) in [6.45, 7) is 0.433. The van der Waals surface area contributed by atoms with Gasteiger partial charge in [0.2, 0.25) is 41.7 Å². The van der Waals surface area contributed by atoms with Gasteiger partial charge in [-0.1, -0.05) is 63.2 Å². The lowest BCUT2D eigenvalue weighted by Gasteiger charge is -2.46. The minimum absolute atomic E-state index is 0.00458. The fourth-order valence-corrected chi connectivity index (χ4v) is 11.8. The van der Waals surface area contributed by atoms with E-state index in [1.807, 2.05) is 0 Å². The summed E-state index contributed by atoms with van der Waals surface area (Å²) in [5.74, 6) is -8.25. The number of carbonyl (C=O) groups is 7. The van der Waals surface area contributed by atoms with Crippen molar-refractivity contribution in [1.82, 2.24) is 42.1 Å². The lowest BCUT2D eigenvalue weighted by Crippen LogP contribution is -2.66. The number of guanidine groups is 2. The molecule has 0 aromatic heterocycles. The zero-order chi connectivity index (χ0) is 69.1. The first-order valence-corrected chi connectivity index (χ1v) is 31.0. The number of aliphatic hydroxyl groups excluding tert-OH is 11. The van der Waals surface area contributed by atoms with Gasteiger partial charge in [-0.3, -0.25) is 43.5 Å². The molecule has 36 heteroatoms. The number of hydrogen-bond donors (Lipinski definition) is 20. The number of nitrogens with one attached hydrogen (secondary N) is 7. The molecule has 526 valence electrons. The van der Waals surface area contributed by atoms with Gasteiger partial charge in [-0.15, -0.1) is 0 Å². The Hall–Kier alpha value is -7.53. The van der Waals surface area contributed by atoms with E-state index in [1.54, 1.807) is 51.1 Å². The Bertz CT molecular complexity index is 3030. The van der Waals surface area contributed by atoms with Gasteiger partial charge in [-0.2, -0.15) is 0 Å². The Morgan fingerprint density at radius 3 is 1.81 bits per heavy atom. The molecule has 0 radical (unpaired) electrons. The van der Waals surface area contributed by atoms with Crippen LogP contribution in [0.25, 0.3) is 0 Å². The van der Waals surface area contributed by atoms with Crippen molar-refractivity contribution in [2.24, 2.45) is 27.4 Å². The SMILES string of the molecule is CC(C)CC(=O)O[C@@H]1[C@@H](O[C@H]2[C@H](O)[C@H](O)[C@@H](Oc3ccc(C[C@H]4NC(=O)[C@H](C(C)c5ccccc5)NC(=O)CNC(=O)[C@H](CO)NC(=O)[C@@H](CC5CN=C(N)N5[C@H]5O[C@H](CO)[C@@H](O)[C@H](O)[C@@H]5O)NC(=O)[C@H](CC5CN=C(N)N5)NC4=O)cc3)O[C@@H]2CO)O[C@H](CO)[C@@H](O)[C@@H]1O. The Morgan fingerprint density at radius 2 is 1.19 bits per heavy atom. The predicted molar refractivity (Wildman–Crippen MR) is 324 cm³/mol. The number of hydrogen-bond acceptors (Lipinski definition) is 30. The maximum atomic E-state index is 15.1. The topological polar surface area (TPSA) is 562 Å². The van der Waals surface area contributed by atoms with Crippen molar-refractivity contribution < 1.29 is 118 Å². The van der Waals surface area contributed by atoms with Crippen molar-refractivity contribution >= 4 is 53.3 Å². The number of rotatable bonds is 20. The monoisotopic (exact) mass is 1350 g/mol. The van der Waals surface area contributed by atoms with E-state index in [-0.39, 0.29) is 55.9 Å². The van der Waals surface area contributed by atoms with E-state index < -0.39 is 221 Å². The number of benzene rings is 2. The first-order chi connectivity index (χ1) is 45.2. The van der Waals surface area contributed by atoms with E-state index in [0.29, 0.717) is 11.1 Å². The fraction of sp³-hybridized carbons (Fsp3) is 0.644. The van der Waals surface area contributed by atoms with Gasteiger partial charge in [0.05, 0.1) is 58.1 Å². The standard InChI is InChI=1S/C59H86N12O24/c1-24(2)13-39(77)94-49-44(81)42(79)36(22-74)92-57(49)95-48-37(23-75)93-56(47(84)45(48)82)90-30-11-9-26(10-12-30)14-31-51(86)66-32(15-28-17-63-58(60)65-28)52(87)67-33(16-29-18-64-59(61)71(29)55-46(83)43(80)41(78)35(21-73)91-55)53(88)69-34(20-72)50(85)62-19-38(76)70-40(54(89)68-31)25(3)27-7-5-4-6-8-27/h4-12,24-25,28-29,31-37,40-49,55-57,72-75,78-84H,13-23H2,1-3H3,(H2,61,64)(H,62,85)(H,66,86)(H,67,87)(H,68,89)(H,69,88)(H,70,76)(H3,60,63,65)/t25?,28?,29?,31-,32+,33-,34+,35-,36-,37-,40+,41-,42-,43+,44+,45-,46+,47+,48-,49+,55+,56+,57-/m1/s1. The van der Waals surface area contributed by atoms with Crippen LogP contribution < -0.4 is 53.4 Å². The molecule has 0 saturated carbocycles. The van der Waals surface area contributed by atoms with Gasteiger partial charge < -0.3 is 138 Å². The average Bonchev–Trinajstić information content (AvgIpc) is 1.72. The maximum absolute atomic E-state index is 15.1. The lowest BCUT2D eigenvalue weighted by atomic mass is 9.92. The van der Waals surface area contributed by atoms with E-state index in [0.717, 1.165) is 4.90 Å². The average molecular weight is 1350 g/mol. The molecule has 8 rings (SSSR count). The van der Waals surface area contributed by atoms with Crippen LogP contribution in [0.5, 0.6) is 5.75 Å². The van der Waals surface area contributed by atoms with Crippen LogP contribution in [0.4, 0.5) is 0 Å². The molecule has 6 aliphatic rings. The highest BCUT2D eigenvalue weighted by Crippen LogP contribution is 2.33. The third kappa shape index (κ3) is 17.9. The molecule has 4 saturated heterocycles. The highest BCUT2D eigenvalue weighted by atomic mass is 16.7. The van der Waals surface area contributed by atoms with Crippen molar-refractivity contribution in [3.8, 4) is 5.75 Å². The van der Waals surface area contributed by atoms with Gasteiger partial charge in [0.1, 0.15) is 103 Å². The van der Waals surface area contributed by atoms with Crippen molar-refractivity contribution in [3.63, 3.8) is 0 Å². The smallest absolute Gasteiger partial charge is 0.306 e. The van der Waals surface area contributed by atoms with Crippen LogP contribution in [0.1, 0.15) is 57.1 Å². The molecule has 6 aliphatic heterocycles. The van der Waals surface area contributed by atoms with Gasteiger partial charge in [0.25, 0.3) is 0 Å². The molecule has 2 aromatic carbocycles. The summed E-state index contributed by atoms with van der Waals surface area (Å²) in [5, 5.41) is 136. The molecule has 22 N–H and O–H groups in total. The molecular formula is C59H86N12O24. The van der Waals surface area contributed by atoms with Crippen LogP contribution in [-0.2, 0) is 63.7 Å². The molecule has 95 heavy (non-hydrogen) atoms. The first-order valence-electron chi connectivity index (χ1n) is 31.0. The Kier molecular flexibility index (Phi) is 25.4. The Morgan fingerprint density at radius 1 is 0.600 bits per heavy atom. The van der Waals surface area contributed by atoms with Crippen LogP contribution in [0, 0.1) is 5.92 Å². The second kappa shape index (κ2) is 32.9. The minimum Gasteiger partial charge on any atom is -0.462 e. The maximum Gasteiger partial charge on any atom is 0.306 e. The summed E-state index contributed by atoms with van der Waals surface area (Å²) in [6.07, 6.45) is -27.2. The molecule has 3 unspecified atom stereocenters. The first kappa shape index (κ1) is 73.3. The number of carbonyl (C=O) groups excluding carboxylic acids is 7. The van der Waals surface area contributed by atoms with Gasteiger partial charge >= 0.3 is 5.97 Å². The third-order valence-electron chi connectivity index (χ3n) is 17.1. The quantitative estimate of drug-likeness (QED) is 0.0547. The zero-order valence-electron chi connectivity index (χ0n) is 52.1. The van der Waals surface area contributed by atoms with E-state index in [4.69, 9.17) is 39.9 Å². The third-order valence-corrected chi connectivity index (χ3v) is 17.1. The van der Waals surface area contributed by atoms with E-state index >= 15 is 4.79 Å². The minimum atomic E-state index is -1.96. The number of esters is 1. The summed E-state index contributed by atoms with van der Waals surface area (Å²) >= 11 is 0. The lowest BCUT2D eigenvalue weighted by molar-refractivity contribution is -0.353. The van der Waals surface area contributed by atoms with Crippen LogP contribution in [-0.4, -0.2) is 295 Å². The number of aliphatic imine (C=N–C) groups is 2. The molecule has 4 fully saturated rings. The van der Waals surface area contributed by atoms with Crippen molar-refractivity contribution in [1.29, 1.82) is 0 Å². The largest absolute Gasteiger partial charge is 0.462 e. The number of ether oxygens (including phenoxy) is 6. The van der Waals surface area contributed by atoms with Crippen molar-refractivity contribution in [2.75, 3.05) is 46.1 Å². The summed E-state index contributed by atoms with van der Waals surface area (Å²) in [7, 11) is 0. The van der Waals surface area contributed by atoms with Crippen molar-refractivity contribution in [3.05, 3.63) is 65.7 Å². The Labute approximate surface area is 543 Å². The fourth-order valence-electron chi connectivity index (χ4n) is 11.8. The summed E-state index contributed by atoms with van der Waals surface area (Å²) in [6, 6.07) is 3.93. The van der Waals surface area contributed by atoms with E-state index in [9.17, 15) is 84.9 Å². The summed E-state index contributed by atoms with van der Waals surface area (Å²) in [4.78, 5) is 109. The van der Waals surface area contributed by atoms with Gasteiger partial charge in [-0.25, -0.2) is 0 Å². The second-order valence-corrected chi connectivity index (χ2v) is 24.4. The molecule has 0 aliphatic carbocycles. The number of nitrogens with two attached hydrogens (primary N) is 2. The van der Waals surface area contributed by atoms with E-state index in [1.165, 1.54) is 24.3 Å². The van der Waals surface area contributed by atoms with Crippen LogP contribution in [0.3, 0.4) is 0 Å². The highest BCUT2D eigenvalue weighted by molar-refractivity contribution is 5.98. The number of amides is 6. The van der Waals surface area contributed by atoms with Crippen LogP contribution in [0.15, 0.2) is 64.6 Å². The summed E-state index contributed by atoms with van der Waals surface area (Å²) in [5.41, 5.74) is 13.1. The van der Waals surface area contributed by atoms with Crippen LogP contribution >= 0.6 is 0 Å². The molecule has 2 aromatic rings. The van der Waals surface area contributed by atoms with Gasteiger partial charge in [0, 0.05) is 18.8 Å². The molecule has 6 heterocycles. The predicted octanol–water partition coefficient (Wildman–Crippen LogP) is -9.96. The molecule has 0 spiro atoms. The van der Waals surface area contributed by atoms with Gasteiger partial charge in [-0.05, 0) is 42.0 Å². The zero-order valence-corrected chi connectivity index (χ0v) is 52.1. The normalized spacial score (nSPS) is 35.8. The second-order valence-electron chi connectivity index (χ2n) is 24.4. The Balaban J connectivity index is 1.07. The molecule has 0 bridgehead atoms. The molecular weight excluding hydrogens is 1260 g/mol. The number of aliphatic hydroxyl groups is 11. The van der Waals surface area contributed by atoms with E-state index in [2.05, 4.69) is 47.2 Å². The summed E-state index contributed by atoms with van der Waals surface area (Å²) < 4.78 is 34.6.